The van der Waals surface area contributed by atoms with Gasteiger partial charge in [-0.05, 0) is 13.3 Å². The Kier molecular flexibility index (Phi) is 25.4. The predicted molar refractivity (Wildman–Crippen MR) is 118 cm³/mol. The monoisotopic (exact) mass is 407 g/mol. The van der Waals surface area contributed by atoms with E-state index in [1.807, 2.05) is 0 Å². The van der Waals surface area contributed by atoms with Crippen molar-refractivity contribution < 1.29 is 14.3 Å². The lowest BCUT2D eigenvalue weighted by Gasteiger charge is -2.07. The number of carbonyl (C=O) groups is 1. The zero-order valence-electron chi connectivity index (χ0n) is 18.0. The van der Waals surface area contributed by atoms with E-state index in [-0.39, 0.29) is 18.4 Å². The first kappa shape index (κ1) is 28.9. The Morgan fingerprint density at radius 3 is 1.56 bits per heavy atom. The maximum atomic E-state index is 11.1. The number of esters is 1. The summed E-state index contributed by atoms with van der Waals surface area (Å²) in [6.45, 7) is 5.79. The average molecular weight is 408 g/mol. The van der Waals surface area contributed by atoms with Gasteiger partial charge >= 0.3 is 5.97 Å². The molecule has 0 aliphatic carbocycles. The molecule has 0 saturated carbocycles. The van der Waals surface area contributed by atoms with E-state index in [1.165, 1.54) is 83.5 Å². The summed E-state index contributed by atoms with van der Waals surface area (Å²) < 4.78 is 10.5. The van der Waals surface area contributed by atoms with Gasteiger partial charge in [0.15, 0.2) is 0 Å². The third-order valence-corrected chi connectivity index (χ3v) is 4.69. The van der Waals surface area contributed by atoms with Crippen LogP contribution in [-0.2, 0) is 14.3 Å². The summed E-state index contributed by atoms with van der Waals surface area (Å²) in [6, 6.07) is -0.536. The van der Waals surface area contributed by atoms with Gasteiger partial charge in [0.2, 0.25) is 0 Å². The zero-order valence-corrected chi connectivity index (χ0v) is 18.8. The van der Waals surface area contributed by atoms with E-state index >= 15 is 0 Å². The quantitative estimate of drug-likeness (QED) is 0.193. The van der Waals surface area contributed by atoms with E-state index in [0.29, 0.717) is 13.2 Å². The van der Waals surface area contributed by atoms with Crippen molar-refractivity contribution in [3.63, 3.8) is 0 Å². The number of hydrogen-bond acceptors (Lipinski definition) is 4. The number of halogens is 1. The molecule has 1 atom stereocenters. The molecule has 4 nitrogen and oxygen atoms in total. The Bertz CT molecular complexity index is 301. The number of ether oxygens (including phenoxy) is 2. The summed E-state index contributed by atoms with van der Waals surface area (Å²) in [7, 11) is 0. The normalized spacial score (nSPS) is 11.8. The van der Waals surface area contributed by atoms with Crippen molar-refractivity contribution in [2.45, 2.75) is 116 Å². The molecule has 164 valence electrons. The Balaban J connectivity index is 0. The highest BCUT2D eigenvalue weighted by molar-refractivity contribution is 5.85. The molecule has 0 heterocycles. The molecular weight excluding hydrogens is 362 g/mol. The third kappa shape index (κ3) is 23.6. The van der Waals surface area contributed by atoms with E-state index in [0.717, 1.165) is 19.4 Å². The molecule has 0 aromatic carbocycles. The van der Waals surface area contributed by atoms with Crippen LogP contribution in [0.25, 0.3) is 0 Å². The average Bonchev–Trinajstić information content (AvgIpc) is 2.63. The zero-order chi connectivity index (χ0) is 19.3. The van der Waals surface area contributed by atoms with E-state index in [9.17, 15) is 4.79 Å². The lowest BCUT2D eigenvalue weighted by Crippen LogP contribution is -2.29. The molecule has 0 rings (SSSR count). The molecule has 0 fully saturated rings. The largest absolute Gasteiger partial charge is 0.464 e. The van der Waals surface area contributed by atoms with Crippen LogP contribution in [0.5, 0.6) is 0 Å². The van der Waals surface area contributed by atoms with Crippen molar-refractivity contribution in [1.82, 2.24) is 0 Å². The summed E-state index contributed by atoms with van der Waals surface area (Å²) in [5, 5.41) is 0. The summed E-state index contributed by atoms with van der Waals surface area (Å²) in [5.41, 5.74) is 5.41. The topological polar surface area (TPSA) is 61.5 Å². The van der Waals surface area contributed by atoms with Gasteiger partial charge in [-0.1, -0.05) is 90.4 Å². The van der Waals surface area contributed by atoms with Crippen LogP contribution < -0.4 is 5.73 Å². The van der Waals surface area contributed by atoms with E-state index < -0.39 is 6.04 Å². The molecule has 0 aliphatic rings. The summed E-state index contributed by atoms with van der Waals surface area (Å²) in [4.78, 5) is 11.1. The van der Waals surface area contributed by atoms with E-state index in [4.69, 9.17) is 15.2 Å². The first-order chi connectivity index (χ1) is 12.7. The van der Waals surface area contributed by atoms with Gasteiger partial charge in [-0.3, -0.25) is 4.79 Å². The second-order valence-electron chi connectivity index (χ2n) is 7.52. The molecule has 27 heavy (non-hydrogen) atoms. The van der Waals surface area contributed by atoms with Crippen molar-refractivity contribution in [1.29, 1.82) is 0 Å². The standard InChI is InChI=1S/C22H45NO3.ClH/c1-3-4-5-6-7-8-9-10-11-12-13-14-15-16-18-25-19-17-20-26-22(24)21(2)23;/h21H,3-20,23H2,1-2H3;1H. The fourth-order valence-corrected chi connectivity index (χ4v) is 2.97. The van der Waals surface area contributed by atoms with E-state index in [2.05, 4.69) is 6.92 Å². The van der Waals surface area contributed by atoms with Crippen LogP contribution in [0.4, 0.5) is 0 Å². The number of carbonyl (C=O) groups excluding carboxylic acids is 1. The van der Waals surface area contributed by atoms with Crippen LogP contribution >= 0.6 is 12.4 Å². The van der Waals surface area contributed by atoms with Crippen molar-refractivity contribution in [3.8, 4) is 0 Å². The number of nitrogens with two attached hydrogens (primary N) is 1. The second-order valence-corrected chi connectivity index (χ2v) is 7.52. The molecule has 5 heteroatoms. The lowest BCUT2D eigenvalue weighted by molar-refractivity contribution is -0.145. The van der Waals surface area contributed by atoms with Gasteiger partial charge < -0.3 is 15.2 Å². The highest BCUT2D eigenvalue weighted by atomic mass is 35.5. The molecule has 0 bridgehead atoms. The molecule has 0 spiro atoms. The number of hydrogen-bond donors (Lipinski definition) is 1. The fraction of sp³-hybridized carbons (Fsp3) is 0.955. The number of rotatable bonds is 20. The van der Waals surface area contributed by atoms with Crippen molar-refractivity contribution in [2.75, 3.05) is 19.8 Å². The molecule has 0 radical (unpaired) electrons. The van der Waals surface area contributed by atoms with Gasteiger partial charge in [0.05, 0.1) is 6.61 Å². The molecule has 0 aromatic heterocycles. The maximum Gasteiger partial charge on any atom is 0.322 e. The molecule has 0 aliphatic heterocycles. The second kappa shape index (κ2) is 23.7. The Morgan fingerprint density at radius 2 is 1.11 bits per heavy atom. The van der Waals surface area contributed by atoms with Gasteiger partial charge in [-0.2, -0.15) is 0 Å². The van der Waals surface area contributed by atoms with Gasteiger partial charge in [-0.15, -0.1) is 12.4 Å². The first-order valence-electron chi connectivity index (χ1n) is 11.2. The fourth-order valence-electron chi connectivity index (χ4n) is 2.97. The smallest absolute Gasteiger partial charge is 0.322 e. The Hall–Kier alpha value is -0.320. The van der Waals surface area contributed by atoms with Crippen molar-refractivity contribution in [2.24, 2.45) is 5.73 Å². The molecule has 0 saturated heterocycles. The van der Waals surface area contributed by atoms with Crippen LogP contribution in [-0.4, -0.2) is 31.8 Å². The SMILES string of the molecule is CCCCCCCCCCCCCCCCOCCCOC(=O)C(C)N.Cl. The van der Waals surface area contributed by atoms with Crippen molar-refractivity contribution in [3.05, 3.63) is 0 Å². The predicted octanol–water partition coefficient (Wildman–Crippen LogP) is 6.19. The van der Waals surface area contributed by atoms with Gasteiger partial charge in [0.25, 0.3) is 0 Å². The molecule has 2 N–H and O–H groups in total. The first-order valence-corrected chi connectivity index (χ1v) is 11.2. The minimum Gasteiger partial charge on any atom is -0.464 e. The van der Waals surface area contributed by atoms with E-state index in [1.54, 1.807) is 6.92 Å². The summed E-state index contributed by atoms with van der Waals surface area (Å²) in [6.07, 6.45) is 20.0. The van der Waals surface area contributed by atoms with Crippen LogP contribution in [0.3, 0.4) is 0 Å². The van der Waals surface area contributed by atoms with Gasteiger partial charge in [0, 0.05) is 19.6 Å². The van der Waals surface area contributed by atoms with Crippen LogP contribution in [0.1, 0.15) is 110 Å². The molecule has 0 aromatic rings. The van der Waals surface area contributed by atoms with Gasteiger partial charge in [0.1, 0.15) is 6.04 Å². The van der Waals surface area contributed by atoms with Crippen molar-refractivity contribution >= 4 is 18.4 Å². The Morgan fingerprint density at radius 1 is 0.704 bits per heavy atom. The highest BCUT2D eigenvalue weighted by Gasteiger charge is 2.07. The lowest BCUT2D eigenvalue weighted by atomic mass is 10.0. The minimum atomic E-state index is -0.536. The number of unbranched alkanes of at least 4 members (excludes halogenated alkanes) is 13. The third-order valence-electron chi connectivity index (χ3n) is 4.69. The minimum absolute atomic E-state index is 0. The maximum absolute atomic E-state index is 11.1. The highest BCUT2D eigenvalue weighted by Crippen LogP contribution is 2.12. The Labute approximate surface area is 174 Å². The van der Waals surface area contributed by atoms with Gasteiger partial charge in [-0.25, -0.2) is 0 Å². The molecular formula is C22H46ClNO3. The summed E-state index contributed by atoms with van der Waals surface area (Å²) >= 11 is 0. The van der Waals surface area contributed by atoms with Crippen LogP contribution in [0, 0.1) is 0 Å². The van der Waals surface area contributed by atoms with Crippen LogP contribution in [0.2, 0.25) is 0 Å². The molecule has 0 amide bonds. The van der Waals surface area contributed by atoms with Crippen LogP contribution in [0.15, 0.2) is 0 Å². The molecule has 1 unspecified atom stereocenters. The summed E-state index contributed by atoms with van der Waals surface area (Å²) in [5.74, 6) is -0.336.